The van der Waals surface area contributed by atoms with Gasteiger partial charge in [-0.05, 0) is 6.07 Å². The number of nitrogens with two attached hydrogens (primary N) is 1. The van der Waals surface area contributed by atoms with Crippen molar-refractivity contribution < 1.29 is 4.79 Å². The fourth-order valence-electron chi connectivity index (χ4n) is 1.87. The van der Waals surface area contributed by atoms with Crippen molar-refractivity contribution in [2.24, 2.45) is 5.73 Å². The van der Waals surface area contributed by atoms with E-state index in [4.69, 9.17) is 5.73 Å². The van der Waals surface area contributed by atoms with Gasteiger partial charge in [0.2, 0.25) is 5.91 Å². The molecule has 0 unspecified atom stereocenters. The lowest BCUT2D eigenvalue weighted by atomic mass is 10.3. The van der Waals surface area contributed by atoms with Crippen molar-refractivity contribution in [1.29, 1.82) is 0 Å². The smallest absolute Gasteiger partial charge is 0.221 e. The number of hydrogen-bond donors (Lipinski definition) is 2. The highest BCUT2D eigenvalue weighted by Crippen LogP contribution is 2.16. The molecule has 1 aromatic rings. The molecule has 1 aliphatic heterocycles. The summed E-state index contributed by atoms with van der Waals surface area (Å²) >= 11 is 1.71. The van der Waals surface area contributed by atoms with Crippen LogP contribution in [0.3, 0.4) is 0 Å². The quantitative estimate of drug-likeness (QED) is 0.759. The summed E-state index contributed by atoms with van der Waals surface area (Å²) in [5.74, 6) is 6.04. The molecule has 2 heterocycles. The van der Waals surface area contributed by atoms with Gasteiger partial charge in [-0.1, -0.05) is 11.8 Å². The number of thiophene rings is 1. The highest BCUT2D eigenvalue weighted by molar-refractivity contribution is 7.10. The molecule has 0 aromatic carbocycles. The van der Waals surface area contributed by atoms with Gasteiger partial charge in [0.1, 0.15) is 0 Å². The third-order valence-corrected chi connectivity index (χ3v) is 3.69. The summed E-state index contributed by atoms with van der Waals surface area (Å²) in [6.07, 6.45) is 0.589. The van der Waals surface area contributed by atoms with E-state index in [0.29, 0.717) is 13.0 Å². The van der Waals surface area contributed by atoms with Gasteiger partial charge < -0.3 is 11.1 Å². The third-order valence-electron chi connectivity index (χ3n) is 2.77. The molecule has 0 aliphatic carbocycles. The van der Waals surface area contributed by atoms with Crippen LogP contribution in [0.25, 0.3) is 0 Å². The van der Waals surface area contributed by atoms with Crippen molar-refractivity contribution in [3.63, 3.8) is 0 Å². The fourth-order valence-corrected chi connectivity index (χ4v) is 2.73. The zero-order chi connectivity index (χ0) is 12.8. The second-order valence-electron chi connectivity index (χ2n) is 4.18. The standard InChI is InChI=1S/C13H17N3OS/c14-4-1-2-11-8-12(18-10-11)9-16-6-3-13(17)15-5-7-16/h8,10H,3-7,9,14H2,(H,15,17). The van der Waals surface area contributed by atoms with Gasteiger partial charge in [0.15, 0.2) is 0 Å². The predicted octanol–water partition coefficient (Wildman–Crippen LogP) is 0.380. The lowest BCUT2D eigenvalue weighted by Crippen LogP contribution is -2.27. The van der Waals surface area contributed by atoms with Crippen LogP contribution in [-0.2, 0) is 11.3 Å². The van der Waals surface area contributed by atoms with Gasteiger partial charge >= 0.3 is 0 Å². The summed E-state index contributed by atoms with van der Waals surface area (Å²) in [5, 5.41) is 4.93. The van der Waals surface area contributed by atoms with E-state index in [-0.39, 0.29) is 5.91 Å². The van der Waals surface area contributed by atoms with E-state index in [9.17, 15) is 4.79 Å². The highest BCUT2D eigenvalue weighted by Gasteiger charge is 2.13. The average Bonchev–Trinajstić information content (AvgIpc) is 2.70. The molecule has 1 aromatic heterocycles. The molecule has 96 valence electrons. The van der Waals surface area contributed by atoms with Crippen molar-refractivity contribution in [3.05, 3.63) is 21.9 Å². The maximum absolute atomic E-state index is 11.2. The normalized spacial score (nSPS) is 16.6. The zero-order valence-electron chi connectivity index (χ0n) is 10.2. The third kappa shape index (κ3) is 3.84. The topological polar surface area (TPSA) is 58.4 Å². The first-order valence-electron chi connectivity index (χ1n) is 6.03. The molecule has 1 aliphatic rings. The van der Waals surface area contributed by atoms with Gasteiger partial charge in [-0.3, -0.25) is 9.69 Å². The van der Waals surface area contributed by atoms with Gasteiger partial charge in [0.25, 0.3) is 0 Å². The first-order valence-corrected chi connectivity index (χ1v) is 6.91. The van der Waals surface area contributed by atoms with Crippen LogP contribution in [0.2, 0.25) is 0 Å². The lowest BCUT2D eigenvalue weighted by molar-refractivity contribution is -0.120. The molecular formula is C13H17N3OS. The van der Waals surface area contributed by atoms with E-state index in [1.807, 2.05) is 0 Å². The second-order valence-corrected chi connectivity index (χ2v) is 5.18. The first kappa shape index (κ1) is 13.1. The monoisotopic (exact) mass is 263 g/mol. The fraction of sp³-hybridized carbons (Fsp3) is 0.462. The number of carbonyl (C=O) groups excluding carboxylic acids is 1. The van der Waals surface area contributed by atoms with Crippen molar-refractivity contribution >= 4 is 17.2 Å². The first-order chi connectivity index (χ1) is 8.78. The minimum atomic E-state index is 0.151. The lowest BCUT2D eigenvalue weighted by Gasteiger charge is -2.17. The van der Waals surface area contributed by atoms with E-state index >= 15 is 0 Å². The number of rotatable bonds is 2. The molecule has 0 saturated carbocycles. The number of hydrogen-bond acceptors (Lipinski definition) is 4. The molecule has 2 rings (SSSR count). The van der Waals surface area contributed by atoms with Crippen LogP contribution >= 0.6 is 11.3 Å². The van der Waals surface area contributed by atoms with E-state index < -0.39 is 0 Å². The molecular weight excluding hydrogens is 246 g/mol. The van der Waals surface area contributed by atoms with E-state index in [0.717, 1.165) is 31.7 Å². The molecule has 0 radical (unpaired) electrons. The maximum Gasteiger partial charge on any atom is 0.221 e. The average molecular weight is 263 g/mol. The Morgan fingerprint density at radius 2 is 2.39 bits per heavy atom. The van der Waals surface area contributed by atoms with E-state index in [1.54, 1.807) is 11.3 Å². The second kappa shape index (κ2) is 6.55. The van der Waals surface area contributed by atoms with Crippen LogP contribution in [0, 0.1) is 11.8 Å². The predicted molar refractivity (Wildman–Crippen MR) is 73.2 cm³/mol. The summed E-state index contributed by atoms with van der Waals surface area (Å²) in [6, 6.07) is 2.10. The Hall–Kier alpha value is -1.35. The van der Waals surface area contributed by atoms with Crippen molar-refractivity contribution in [1.82, 2.24) is 10.2 Å². The highest BCUT2D eigenvalue weighted by atomic mass is 32.1. The Morgan fingerprint density at radius 3 is 3.22 bits per heavy atom. The van der Waals surface area contributed by atoms with Crippen LogP contribution in [0.1, 0.15) is 16.9 Å². The molecule has 0 bridgehead atoms. The van der Waals surface area contributed by atoms with Crippen LogP contribution in [0.4, 0.5) is 0 Å². The van der Waals surface area contributed by atoms with Crippen LogP contribution in [0.5, 0.6) is 0 Å². The number of nitrogens with zero attached hydrogens (tertiary/aromatic N) is 1. The molecule has 1 fully saturated rings. The van der Waals surface area contributed by atoms with Crippen LogP contribution < -0.4 is 11.1 Å². The number of nitrogens with one attached hydrogen (secondary N) is 1. The van der Waals surface area contributed by atoms with Gasteiger partial charge in [-0.15, -0.1) is 11.3 Å². The molecule has 3 N–H and O–H groups in total. The molecule has 0 atom stereocenters. The minimum absolute atomic E-state index is 0.151. The molecule has 0 spiro atoms. The van der Waals surface area contributed by atoms with E-state index in [2.05, 4.69) is 33.5 Å². The molecule has 18 heavy (non-hydrogen) atoms. The zero-order valence-corrected chi connectivity index (χ0v) is 11.1. The molecule has 1 saturated heterocycles. The number of carbonyl (C=O) groups is 1. The largest absolute Gasteiger partial charge is 0.355 e. The summed E-state index contributed by atoms with van der Waals surface area (Å²) in [5.41, 5.74) is 6.38. The summed E-state index contributed by atoms with van der Waals surface area (Å²) in [4.78, 5) is 14.8. The van der Waals surface area contributed by atoms with Crippen molar-refractivity contribution in [2.75, 3.05) is 26.2 Å². The maximum atomic E-state index is 11.2. The van der Waals surface area contributed by atoms with Gasteiger partial charge in [0, 0.05) is 48.4 Å². The Bertz CT molecular complexity index is 472. The molecule has 5 heteroatoms. The van der Waals surface area contributed by atoms with Gasteiger partial charge in [-0.2, -0.15) is 0 Å². The van der Waals surface area contributed by atoms with Crippen molar-refractivity contribution in [2.45, 2.75) is 13.0 Å². The van der Waals surface area contributed by atoms with Gasteiger partial charge in [0.05, 0.1) is 6.54 Å². The Labute approximate surface area is 111 Å². The summed E-state index contributed by atoms with van der Waals surface area (Å²) in [7, 11) is 0. The van der Waals surface area contributed by atoms with Crippen LogP contribution in [-0.4, -0.2) is 37.0 Å². The summed E-state index contributed by atoms with van der Waals surface area (Å²) < 4.78 is 0. The number of amides is 1. The molecule has 1 amide bonds. The van der Waals surface area contributed by atoms with E-state index in [1.165, 1.54) is 4.88 Å². The Balaban J connectivity index is 1.92. The van der Waals surface area contributed by atoms with Crippen molar-refractivity contribution in [3.8, 4) is 11.8 Å². The SMILES string of the molecule is NCC#Cc1csc(CN2CCNC(=O)CC2)c1. The minimum Gasteiger partial charge on any atom is -0.355 e. The Kier molecular flexibility index (Phi) is 4.76. The van der Waals surface area contributed by atoms with Crippen LogP contribution in [0.15, 0.2) is 11.4 Å². The molecule has 4 nitrogen and oxygen atoms in total. The van der Waals surface area contributed by atoms with Gasteiger partial charge in [-0.25, -0.2) is 0 Å². The Morgan fingerprint density at radius 1 is 1.50 bits per heavy atom. The summed E-state index contributed by atoms with van der Waals surface area (Å²) in [6.45, 7) is 3.76.